The SMILES string of the molecule is O=C(CCN1C(=O)c2cccc3cccc(c23)C1=O)N[C@@H]1CCS(=O)(=O)C1. The first-order chi connectivity index (χ1) is 12.9. The molecule has 1 saturated heterocycles. The second-order valence-electron chi connectivity index (χ2n) is 6.89. The second-order valence-corrected chi connectivity index (χ2v) is 9.12. The molecule has 27 heavy (non-hydrogen) atoms. The van der Waals surface area contributed by atoms with Crippen LogP contribution in [0, 0.1) is 0 Å². The van der Waals surface area contributed by atoms with Crippen LogP contribution in [0.3, 0.4) is 0 Å². The van der Waals surface area contributed by atoms with Crippen molar-refractivity contribution >= 4 is 38.3 Å². The van der Waals surface area contributed by atoms with Gasteiger partial charge in [-0.15, -0.1) is 0 Å². The highest BCUT2D eigenvalue weighted by molar-refractivity contribution is 7.91. The first kappa shape index (κ1) is 17.7. The summed E-state index contributed by atoms with van der Waals surface area (Å²) in [5.41, 5.74) is 0.898. The number of nitrogens with zero attached hydrogens (tertiary/aromatic N) is 1. The molecule has 0 unspecified atom stereocenters. The Morgan fingerprint density at radius 3 is 2.26 bits per heavy atom. The largest absolute Gasteiger partial charge is 0.352 e. The first-order valence-corrected chi connectivity index (χ1v) is 10.6. The highest BCUT2D eigenvalue weighted by Crippen LogP contribution is 2.29. The van der Waals surface area contributed by atoms with Crippen LogP contribution in [0.5, 0.6) is 0 Å². The van der Waals surface area contributed by atoms with Crippen molar-refractivity contribution in [2.75, 3.05) is 18.1 Å². The molecule has 2 aliphatic rings. The van der Waals surface area contributed by atoms with Crippen molar-refractivity contribution < 1.29 is 22.8 Å². The van der Waals surface area contributed by atoms with Gasteiger partial charge in [-0.2, -0.15) is 0 Å². The van der Waals surface area contributed by atoms with Crippen molar-refractivity contribution in [2.24, 2.45) is 0 Å². The van der Waals surface area contributed by atoms with Crippen molar-refractivity contribution in [3.8, 4) is 0 Å². The molecule has 0 saturated carbocycles. The smallest absolute Gasteiger partial charge is 0.261 e. The lowest BCUT2D eigenvalue weighted by atomic mass is 9.94. The third-order valence-electron chi connectivity index (χ3n) is 5.02. The van der Waals surface area contributed by atoms with Crippen LogP contribution in [0.25, 0.3) is 10.8 Å². The van der Waals surface area contributed by atoms with Crippen LogP contribution in [-0.2, 0) is 14.6 Å². The second kappa shape index (κ2) is 6.45. The summed E-state index contributed by atoms with van der Waals surface area (Å²) in [5, 5.41) is 4.15. The summed E-state index contributed by atoms with van der Waals surface area (Å²) in [7, 11) is -3.08. The lowest BCUT2D eigenvalue weighted by molar-refractivity contribution is -0.121. The molecule has 0 radical (unpaired) electrons. The standard InChI is InChI=1S/C19H18N2O5S/c22-16(20-13-8-10-27(25,26)11-13)7-9-21-18(23)14-5-1-3-12-4-2-6-15(17(12)14)19(21)24/h1-6,13H,7-11H2,(H,20,22)/t13-/m1/s1. The van der Waals surface area contributed by atoms with E-state index in [-0.39, 0.29) is 30.4 Å². The number of imide groups is 1. The molecule has 2 aromatic rings. The molecular formula is C19H18N2O5S. The molecular weight excluding hydrogens is 368 g/mol. The molecule has 2 heterocycles. The Balaban J connectivity index is 1.48. The Labute approximate surface area is 156 Å². The summed E-state index contributed by atoms with van der Waals surface area (Å²) in [5.74, 6) is -1.19. The molecule has 7 nitrogen and oxygen atoms in total. The third-order valence-corrected chi connectivity index (χ3v) is 6.78. The van der Waals surface area contributed by atoms with Gasteiger partial charge in [-0.05, 0) is 23.9 Å². The molecule has 0 bridgehead atoms. The van der Waals surface area contributed by atoms with Gasteiger partial charge in [0.15, 0.2) is 9.84 Å². The van der Waals surface area contributed by atoms with E-state index in [2.05, 4.69) is 5.32 Å². The maximum absolute atomic E-state index is 12.7. The minimum atomic E-state index is -3.08. The van der Waals surface area contributed by atoms with Gasteiger partial charge < -0.3 is 5.32 Å². The molecule has 3 amide bonds. The fourth-order valence-electron chi connectivity index (χ4n) is 3.71. The molecule has 2 aromatic carbocycles. The van der Waals surface area contributed by atoms with Gasteiger partial charge in [0.2, 0.25) is 5.91 Å². The Bertz CT molecular complexity index is 1030. The number of amides is 3. The van der Waals surface area contributed by atoms with Crippen molar-refractivity contribution in [2.45, 2.75) is 18.9 Å². The molecule has 0 spiro atoms. The highest BCUT2D eigenvalue weighted by atomic mass is 32.2. The lowest BCUT2D eigenvalue weighted by Crippen LogP contribution is -2.43. The minimum absolute atomic E-state index is 0.0479. The van der Waals surface area contributed by atoms with E-state index in [1.807, 2.05) is 12.1 Å². The van der Waals surface area contributed by atoms with Crippen molar-refractivity contribution in [3.63, 3.8) is 0 Å². The number of rotatable bonds is 4. The van der Waals surface area contributed by atoms with E-state index in [4.69, 9.17) is 0 Å². The number of hydrogen-bond donors (Lipinski definition) is 1. The van der Waals surface area contributed by atoms with Gasteiger partial charge in [-0.1, -0.05) is 24.3 Å². The number of sulfone groups is 1. The Morgan fingerprint density at radius 2 is 1.70 bits per heavy atom. The van der Waals surface area contributed by atoms with E-state index in [1.165, 1.54) is 0 Å². The zero-order chi connectivity index (χ0) is 19.2. The van der Waals surface area contributed by atoms with Gasteiger partial charge in [0.05, 0.1) is 11.5 Å². The fraction of sp³-hybridized carbons (Fsp3) is 0.316. The Hall–Kier alpha value is -2.74. The normalized spacial score (nSPS) is 20.9. The third kappa shape index (κ3) is 3.21. The number of hydrogen-bond acceptors (Lipinski definition) is 5. The fourth-order valence-corrected chi connectivity index (χ4v) is 5.38. The van der Waals surface area contributed by atoms with Gasteiger partial charge >= 0.3 is 0 Å². The van der Waals surface area contributed by atoms with E-state index >= 15 is 0 Å². The maximum atomic E-state index is 12.7. The quantitative estimate of drug-likeness (QED) is 0.794. The van der Waals surface area contributed by atoms with E-state index in [1.54, 1.807) is 24.3 Å². The maximum Gasteiger partial charge on any atom is 0.261 e. The summed E-state index contributed by atoms with van der Waals surface area (Å²) in [6, 6.07) is 10.2. The molecule has 1 N–H and O–H groups in total. The first-order valence-electron chi connectivity index (χ1n) is 8.73. The van der Waals surface area contributed by atoms with Crippen molar-refractivity contribution in [1.29, 1.82) is 0 Å². The molecule has 1 fully saturated rings. The monoisotopic (exact) mass is 386 g/mol. The summed E-state index contributed by atoms with van der Waals surface area (Å²) >= 11 is 0. The highest BCUT2D eigenvalue weighted by Gasteiger charge is 2.33. The van der Waals surface area contributed by atoms with E-state index in [9.17, 15) is 22.8 Å². The number of nitrogens with one attached hydrogen (secondary N) is 1. The lowest BCUT2D eigenvalue weighted by Gasteiger charge is -2.27. The average Bonchev–Trinajstić information content (AvgIpc) is 2.97. The van der Waals surface area contributed by atoms with Crippen LogP contribution >= 0.6 is 0 Å². The van der Waals surface area contributed by atoms with Gasteiger partial charge in [0, 0.05) is 35.5 Å². The molecule has 140 valence electrons. The van der Waals surface area contributed by atoms with Crippen LogP contribution in [-0.4, -0.2) is 55.1 Å². The summed E-state index contributed by atoms with van der Waals surface area (Å²) in [4.78, 5) is 38.7. The van der Waals surface area contributed by atoms with Crippen LogP contribution in [0.4, 0.5) is 0 Å². The van der Waals surface area contributed by atoms with E-state index in [0.717, 1.165) is 10.3 Å². The summed E-state index contributed by atoms with van der Waals surface area (Å²) < 4.78 is 22.9. The van der Waals surface area contributed by atoms with Crippen LogP contribution in [0.1, 0.15) is 33.6 Å². The number of benzene rings is 2. The molecule has 8 heteroatoms. The predicted molar refractivity (Wildman–Crippen MR) is 99.1 cm³/mol. The van der Waals surface area contributed by atoms with Gasteiger partial charge in [-0.25, -0.2) is 8.42 Å². The van der Waals surface area contributed by atoms with Crippen molar-refractivity contribution in [1.82, 2.24) is 10.2 Å². The topological polar surface area (TPSA) is 101 Å². The van der Waals surface area contributed by atoms with Crippen LogP contribution < -0.4 is 5.32 Å². The molecule has 0 aromatic heterocycles. The van der Waals surface area contributed by atoms with Crippen LogP contribution in [0.2, 0.25) is 0 Å². The zero-order valence-electron chi connectivity index (χ0n) is 14.5. The number of carbonyl (C=O) groups is 3. The zero-order valence-corrected chi connectivity index (χ0v) is 15.3. The van der Waals surface area contributed by atoms with E-state index in [0.29, 0.717) is 22.9 Å². The summed E-state index contributed by atoms with van der Waals surface area (Å²) in [6.07, 6.45) is 0.331. The molecule has 0 aliphatic carbocycles. The molecule has 4 rings (SSSR count). The average molecular weight is 386 g/mol. The Morgan fingerprint density at radius 1 is 1.07 bits per heavy atom. The molecule has 2 aliphatic heterocycles. The predicted octanol–water partition coefficient (Wildman–Crippen LogP) is 1.13. The minimum Gasteiger partial charge on any atom is -0.352 e. The van der Waals surface area contributed by atoms with Gasteiger partial charge in [-0.3, -0.25) is 19.3 Å². The van der Waals surface area contributed by atoms with Crippen LogP contribution in [0.15, 0.2) is 36.4 Å². The number of carbonyl (C=O) groups excluding carboxylic acids is 3. The van der Waals surface area contributed by atoms with E-state index < -0.39 is 27.7 Å². The Kier molecular flexibility index (Phi) is 4.22. The molecule has 1 atom stereocenters. The van der Waals surface area contributed by atoms with Gasteiger partial charge in [0.1, 0.15) is 0 Å². The summed E-state index contributed by atoms with van der Waals surface area (Å²) in [6.45, 7) is -0.0479. The van der Waals surface area contributed by atoms with Gasteiger partial charge in [0.25, 0.3) is 11.8 Å². The van der Waals surface area contributed by atoms with Crippen molar-refractivity contribution in [3.05, 3.63) is 47.5 Å².